The molecule has 1 aliphatic carbocycles. The van der Waals surface area contributed by atoms with Crippen LogP contribution in [-0.4, -0.2) is 22.6 Å². The number of fused-ring (bicyclic) bond motifs is 1. The second-order valence-corrected chi connectivity index (χ2v) is 5.24. The molecule has 0 bridgehead atoms. The van der Waals surface area contributed by atoms with Crippen molar-refractivity contribution < 1.29 is 4.42 Å². The molecule has 0 aromatic carbocycles. The smallest absolute Gasteiger partial charge is 0.406 e. The summed E-state index contributed by atoms with van der Waals surface area (Å²) < 4.78 is 6.87. The first-order valence-electron chi connectivity index (χ1n) is 6.91. The summed E-state index contributed by atoms with van der Waals surface area (Å²) in [6.45, 7) is 0.629. The maximum Gasteiger partial charge on any atom is 0.421 e. The van der Waals surface area contributed by atoms with Gasteiger partial charge in [0.25, 0.3) is 0 Å². The summed E-state index contributed by atoms with van der Waals surface area (Å²) in [6.07, 6.45) is 6.76. The monoisotopic (exact) mass is 261 g/mol. The number of oxazole rings is 1. The van der Waals surface area contributed by atoms with Crippen LogP contribution in [0.5, 0.6) is 0 Å². The molecule has 2 heterocycles. The van der Waals surface area contributed by atoms with Crippen LogP contribution in [0.15, 0.2) is 27.5 Å². The van der Waals surface area contributed by atoms with Crippen molar-refractivity contribution in [1.82, 2.24) is 14.9 Å². The first kappa shape index (κ1) is 12.4. The van der Waals surface area contributed by atoms with Gasteiger partial charge in [0, 0.05) is 18.8 Å². The molecular weight excluding hydrogens is 242 g/mol. The molecule has 1 unspecified atom stereocenters. The predicted octanol–water partition coefficient (Wildman–Crippen LogP) is 1.77. The second kappa shape index (κ2) is 5.17. The van der Waals surface area contributed by atoms with E-state index in [4.69, 9.17) is 4.42 Å². The van der Waals surface area contributed by atoms with Crippen molar-refractivity contribution in [2.45, 2.75) is 38.3 Å². The van der Waals surface area contributed by atoms with Crippen molar-refractivity contribution in [2.75, 3.05) is 7.05 Å². The average molecular weight is 261 g/mol. The maximum absolute atomic E-state index is 11.9. The molecule has 2 aromatic heterocycles. The highest BCUT2D eigenvalue weighted by molar-refractivity contribution is 5.67. The zero-order valence-corrected chi connectivity index (χ0v) is 11.1. The Morgan fingerprint density at radius 2 is 2.32 bits per heavy atom. The summed E-state index contributed by atoms with van der Waals surface area (Å²) in [5.74, 6) is 0.331. The molecule has 0 saturated heterocycles. The van der Waals surface area contributed by atoms with Crippen molar-refractivity contribution in [3.63, 3.8) is 0 Å². The van der Waals surface area contributed by atoms with Gasteiger partial charge in [0.15, 0.2) is 11.2 Å². The quantitative estimate of drug-likeness (QED) is 0.911. The number of aromatic nitrogens is 2. The van der Waals surface area contributed by atoms with Gasteiger partial charge in [0.2, 0.25) is 0 Å². The van der Waals surface area contributed by atoms with E-state index in [1.807, 2.05) is 7.05 Å². The number of rotatable bonds is 4. The Morgan fingerprint density at radius 3 is 3.05 bits per heavy atom. The molecule has 2 aromatic rings. The van der Waals surface area contributed by atoms with Crippen LogP contribution in [0.3, 0.4) is 0 Å². The number of pyridine rings is 1. The number of nitrogens with one attached hydrogen (secondary N) is 1. The molecule has 19 heavy (non-hydrogen) atoms. The van der Waals surface area contributed by atoms with Crippen LogP contribution in [0.25, 0.3) is 11.2 Å². The van der Waals surface area contributed by atoms with Crippen LogP contribution in [0, 0.1) is 5.92 Å². The van der Waals surface area contributed by atoms with Crippen LogP contribution < -0.4 is 11.1 Å². The van der Waals surface area contributed by atoms with E-state index in [1.54, 1.807) is 22.9 Å². The normalized spacial score (nSPS) is 18.2. The third-order valence-electron chi connectivity index (χ3n) is 4.14. The van der Waals surface area contributed by atoms with Gasteiger partial charge in [-0.25, -0.2) is 9.78 Å². The Hall–Kier alpha value is -1.62. The lowest BCUT2D eigenvalue weighted by Crippen LogP contribution is -2.38. The minimum Gasteiger partial charge on any atom is -0.406 e. The standard InChI is InChI=1S/C14H19N3O2/c1-15-11(10-5-2-3-6-10)9-17-13-12(19-14(17)18)7-4-8-16-13/h4,7-8,10-11,15H,2-3,5-6,9H2,1H3. The Balaban J connectivity index is 1.91. The van der Waals surface area contributed by atoms with E-state index in [-0.39, 0.29) is 5.76 Å². The van der Waals surface area contributed by atoms with Gasteiger partial charge >= 0.3 is 5.76 Å². The van der Waals surface area contributed by atoms with E-state index < -0.39 is 0 Å². The molecule has 5 nitrogen and oxygen atoms in total. The van der Waals surface area contributed by atoms with Crippen molar-refractivity contribution in [1.29, 1.82) is 0 Å². The molecule has 0 amide bonds. The highest BCUT2D eigenvalue weighted by Gasteiger charge is 2.25. The fraction of sp³-hybridized carbons (Fsp3) is 0.571. The van der Waals surface area contributed by atoms with Gasteiger partial charge in [-0.05, 0) is 37.9 Å². The van der Waals surface area contributed by atoms with E-state index in [0.29, 0.717) is 29.7 Å². The van der Waals surface area contributed by atoms with E-state index in [0.717, 1.165) is 0 Å². The SMILES string of the molecule is CNC(Cn1c(=O)oc2cccnc21)C1CCCC1. The summed E-state index contributed by atoms with van der Waals surface area (Å²) in [5.41, 5.74) is 1.21. The lowest BCUT2D eigenvalue weighted by Gasteiger charge is -2.22. The Labute approximate surface area is 111 Å². The maximum atomic E-state index is 11.9. The molecular formula is C14H19N3O2. The van der Waals surface area contributed by atoms with Crippen molar-refractivity contribution >= 4 is 11.2 Å². The van der Waals surface area contributed by atoms with Crippen LogP contribution in [-0.2, 0) is 6.54 Å². The minimum absolute atomic E-state index is 0.308. The van der Waals surface area contributed by atoms with Gasteiger partial charge in [0.05, 0.1) is 0 Å². The first-order valence-corrected chi connectivity index (χ1v) is 6.91. The second-order valence-electron chi connectivity index (χ2n) is 5.24. The first-order chi connectivity index (χ1) is 9.29. The van der Waals surface area contributed by atoms with Crippen LogP contribution in [0.2, 0.25) is 0 Å². The fourth-order valence-electron chi connectivity index (χ4n) is 3.09. The lowest BCUT2D eigenvalue weighted by molar-refractivity contribution is 0.331. The summed E-state index contributed by atoms with van der Waals surface area (Å²) >= 11 is 0. The Kier molecular flexibility index (Phi) is 3.38. The van der Waals surface area contributed by atoms with E-state index >= 15 is 0 Å². The third-order valence-corrected chi connectivity index (χ3v) is 4.14. The molecule has 3 rings (SSSR count). The Bertz CT molecular complexity index is 610. The molecule has 5 heteroatoms. The largest absolute Gasteiger partial charge is 0.421 e. The Morgan fingerprint density at radius 1 is 1.53 bits per heavy atom. The van der Waals surface area contributed by atoms with Crippen molar-refractivity contribution in [2.24, 2.45) is 5.92 Å². The highest BCUT2D eigenvalue weighted by atomic mass is 16.4. The van der Waals surface area contributed by atoms with Crippen molar-refractivity contribution in [3.05, 3.63) is 28.9 Å². The van der Waals surface area contributed by atoms with Gasteiger partial charge in [-0.3, -0.25) is 4.57 Å². The summed E-state index contributed by atoms with van der Waals surface area (Å²) in [6, 6.07) is 3.87. The molecule has 1 N–H and O–H groups in total. The molecule has 1 saturated carbocycles. The molecule has 0 radical (unpaired) electrons. The lowest BCUT2D eigenvalue weighted by atomic mass is 9.98. The molecule has 1 fully saturated rings. The summed E-state index contributed by atoms with van der Waals surface area (Å²) in [4.78, 5) is 16.2. The van der Waals surface area contributed by atoms with E-state index in [2.05, 4.69) is 10.3 Å². The average Bonchev–Trinajstić information content (AvgIpc) is 3.04. The van der Waals surface area contributed by atoms with E-state index in [9.17, 15) is 4.79 Å². The van der Waals surface area contributed by atoms with Crippen LogP contribution >= 0.6 is 0 Å². The third kappa shape index (κ3) is 2.30. The van der Waals surface area contributed by atoms with Gasteiger partial charge in [-0.1, -0.05) is 12.8 Å². The molecule has 0 aliphatic heterocycles. The van der Waals surface area contributed by atoms with Crippen LogP contribution in [0.4, 0.5) is 0 Å². The highest BCUT2D eigenvalue weighted by Crippen LogP contribution is 2.28. The summed E-state index contributed by atoms with van der Waals surface area (Å²) in [7, 11) is 1.96. The number of hydrogen-bond acceptors (Lipinski definition) is 4. The topological polar surface area (TPSA) is 60.1 Å². The van der Waals surface area contributed by atoms with Gasteiger partial charge in [-0.15, -0.1) is 0 Å². The van der Waals surface area contributed by atoms with E-state index in [1.165, 1.54) is 25.7 Å². The zero-order chi connectivity index (χ0) is 13.2. The fourth-order valence-corrected chi connectivity index (χ4v) is 3.09. The van der Waals surface area contributed by atoms with Gasteiger partial charge < -0.3 is 9.73 Å². The van der Waals surface area contributed by atoms with Gasteiger partial charge in [0.1, 0.15) is 0 Å². The molecule has 102 valence electrons. The molecule has 0 spiro atoms. The van der Waals surface area contributed by atoms with Crippen LogP contribution in [0.1, 0.15) is 25.7 Å². The predicted molar refractivity (Wildman–Crippen MR) is 73.1 cm³/mol. The van der Waals surface area contributed by atoms with Gasteiger partial charge in [-0.2, -0.15) is 0 Å². The number of likely N-dealkylation sites (N-methyl/N-ethyl adjacent to an activating group) is 1. The summed E-state index contributed by atoms with van der Waals surface area (Å²) in [5, 5.41) is 3.35. The molecule has 1 atom stereocenters. The minimum atomic E-state index is -0.313. The number of hydrogen-bond donors (Lipinski definition) is 1. The van der Waals surface area contributed by atoms with Crippen molar-refractivity contribution in [3.8, 4) is 0 Å². The number of nitrogens with zero attached hydrogens (tertiary/aromatic N) is 2. The molecule has 1 aliphatic rings. The zero-order valence-electron chi connectivity index (χ0n) is 11.1.